The first kappa shape index (κ1) is 16.9. The molecule has 25 heavy (non-hydrogen) atoms. The quantitative estimate of drug-likeness (QED) is 0.754. The van der Waals surface area contributed by atoms with Crippen molar-refractivity contribution in [1.82, 2.24) is 9.97 Å². The molecule has 3 aromatic rings. The number of rotatable bonds is 5. The van der Waals surface area contributed by atoms with Gasteiger partial charge in [-0.1, -0.05) is 6.07 Å². The predicted molar refractivity (Wildman–Crippen MR) is 97.6 cm³/mol. The Bertz CT molecular complexity index is 908. The molecule has 0 fully saturated rings. The number of aromatic nitrogens is 2. The molecule has 0 unspecified atom stereocenters. The molecule has 128 valence electrons. The summed E-state index contributed by atoms with van der Waals surface area (Å²) in [6, 6.07) is 10.9. The molecule has 1 amide bonds. The molecule has 1 aromatic carbocycles. The maximum Gasteiger partial charge on any atom is 0.276 e. The molecule has 6 nitrogen and oxygen atoms in total. The van der Waals surface area contributed by atoms with Crippen LogP contribution in [0, 0.1) is 6.92 Å². The number of benzene rings is 1. The van der Waals surface area contributed by atoms with Crippen LogP contribution in [0.4, 0.5) is 5.13 Å². The Morgan fingerprint density at radius 3 is 2.60 bits per heavy atom. The number of pyridine rings is 1. The van der Waals surface area contributed by atoms with Gasteiger partial charge >= 0.3 is 0 Å². The van der Waals surface area contributed by atoms with E-state index in [-0.39, 0.29) is 5.91 Å². The van der Waals surface area contributed by atoms with Crippen LogP contribution in [0.5, 0.6) is 11.5 Å². The van der Waals surface area contributed by atoms with Crippen molar-refractivity contribution >= 4 is 22.4 Å². The molecule has 0 bridgehead atoms. The molecule has 2 heterocycles. The van der Waals surface area contributed by atoms with Gasteiger partial charge in [0.25, 0.3) is 5.91 Å². The summed E-state index contributed by atoms with van der Waals surface area (Å²) in [4.78, 5) is 20.9. The van der Waals surface area contributed by atoms with Crippen molar-refractivity contribution in [3.05, 3.63) is 53.2 Å². The highest BCUT2D eigenvalue weighted by molar-refractivity contribution is 7.14. The molecule has 0 saturated carbocycles. The van der Waals surface area contributed by atoms with E-state index in [1.807, 2.05) is 36.6 Å². The van der Waals surface area contributed by atoms with Crippen LogP contribution in [0.25, 0.3) is 11.3 Å². The molecule has 2 aromatic heterocycles. The number of hydrogen-bond donors (Lipinski definition) is 1. The minimum Gasteiger partial charge on any atom is -0.493 e. The first-order valence-corrected chi connectivity index (χ1v) is 8.41. The van der Waals surface area contributed by atoms with Gasteiger partial charge in [0.1, 0.15) is 5.69 Å². The number of ether oxygens (including phenoxy) is 2. The summed E-state index contributed by atoms with van der Waals surface area (Å²) in [5.41, 5.74) is 2.78. The highest BCUT2D eigenvalue weighted by Crippen LogP contribution is 2.33. The fraction of sp³-hybridized carbons (Fsp3) is 0.167. The van der Waals surface area contributed by atoms with Crippen LogP contribution >= 0.6 is 11.3 Å². The van der Waals surface area contributed by atoms with E-state index in [2.05, 4.69) is 15.3 Å². The van der Waals surface area contributed by atoms with E-state index in [0.717, 1.165) is 17.0 Å². The van der Waals surface area contributed by atoms with Crippen molar-refractivity contribution in [3.8, 4) is 22.8 Å². The van der Waals surface area contributed by atoms with Gasteiger partial charge in [-0.3, -0.25) is 10.1 Å². The number of carbonyl (C=O) groups excluding carboxylic acids is 1. The summed E-state index contributed by atoms with van der Waals surface area (Å²) >= 11 is 1.35. The maximum atomic E-state index is 12.3. The number of thiazole rings is 1. The Balaban J connectivity index is 1.79. The second kappa shape index (κ2) is 7.31. The molecule has 1 N–H and O–H groups in total. The Hall–Kier alpha value is -2.93. The zero-order valence-corrected chi connectivity index (χ0v) is 14.9. The SMILES string of the molecule is COc1ccc(-c2csc(NC(=O)c3cccc(C)n3)n2)cc1OC. The predicted octanol–water partition coefficient (Wildman–Crippen LogP) is 3.78. The lowest BCUT2D eigenvalue weighted by Crippen LogP contribution is -2.13. The zero-order valence-electron chi connectivity index (χ0n) is 14.1. The summed E-state index contributed by atoms with van der Waals surface area (Å²) in [5.74, 6) is 1.000. The summed E-state index contributed by atoms with van der Waals surface area (Å²) in [7, 11) is 3.18. The Kier molecular flexibility index (Phi) is 4.95. The molecule has 0 radical (unpaired) electrons. The summed E-state index contributed by atoms with van der Waals surface area (Å²) in [6.45, 7) is 1.84. The first-order valence-electron chi connectivity index (χ1n) is 7.53. The molecule has 7 heteroatoms. The Morgan fingerprint density at radius 1 is 1.08 bits per heavy atom. The molecule has 0 saturated heterocycles. The maximum absolute atomic E-state index is 12.3. The third-order valence-electron chi connectivity index (χ3n) is 3.52. The van der Waals surface area contributed by atoms with Gasteiger partial charge in [0.2, 0.25) is 0 Å². The highest BCUT2D eigenvalue weighted by Gasteiger charge is 2.12. The average molecular weight is 355 g/mol. The molecule has 0 aliphatic carbocycles. The van der Waals surface area contributed by atoms with E-state index < -0.39 is 0 Å². The largest absolute Gasteiger partial charge is 0.493 e. The van der Waals surface area contributed by atoms with E-state index in [9.17, 15) is 4.79 Å². The second-order valence-corrected chi connectivity index (χ2v) is 6.08. The van der Waals surface area contributed by atoms with Gasteiger partial charge in [-0.2, -0.15) is 0 Å². The smallest absolute Gasteiger partial charge is 0.276 e. The van der Waals surface area contributed by atoms with Crippen LogP contribution in [0.15, 0.2) is 41.8 Å². The van der Waals surface area contributed by atoms with Crippen LogP contribution in [0.3, 0.4) is 0 Å². The van der Waals surface area contributed by atoms with Gasteiger partial charge in [-0.25, -0.2) is 9.97 Å². The van der Waals surface area contributed by atoms with E-state index in [4.69, 9.17) is 9.47 Å². The van der Waals surface area contributed by atoms with Crippen LogP contribution in [0.1, 0.15) is 16.2 Å². The average Bonchev–Trinajstić information content (AvgIpc) is 3.09. The number of nitrogens with one attached hydrogen (secondary N) is 1. The molecule has 0 aliphatic rings. The van der Waals surface area contributed by atoms with Crippen molar-refractivity contribution in [3.63, 3.8) is 0 Å². The van der Waals surface area contributed by atoms with Gasteiger partial charge in [-0.15, -0.1) is 11.3 Å². The van der Waals surface area contributed by atoms with Crippen LogP contribution in [0.2, 0.25) is 0 Å². The molecule has 0 spiro atoms. The third kappa shape index (κ3) is 3.77. The van der Waals surface area contributed by atoms with E-state index in [1.165, 1.54) is 11.3 Å². The lowest BCUT2D eigenvalue weighted by atomic mass is 10.1. The van der Waals surface area contributed by atoms with Crippen LogP contribution in [-0.4, -0.2) is 30.1 Å². The first-order chi connectivity index (χ1) is 12.1. The van der Waals surface area contributed by atoms with Crippen molar-refractivity contribution < 1.29 is 14.3 Å². The molecule has 0 atom stereocenters. The fourth-order valence-corrected chi connectivity index (χ4v) is 3.00. The van der Waals surface area contributed by atoms with Gasteiger partial charge in [0.05, 0.1) is 19.9 Å². The van der Waals surface area contributed by atoms with Gasteiger partial charge in [0.15, 0.2) is 16.6 Å². The fourth-order valence-electron chi connectivity index (χ4n) is 2.29. The van der Waals surface area contributed by atoms with Crippen LogP contribution < -0.4 is 14.8 Å². The monoisotopic (exact) mass is 355 g/mol. The lowest BCUT2D eigenvalue weighted by molar-refractivity contribution is 0.102. The minimum atomic E-state index is -0.281. The molecule has 3 rings (SSSR count). The van der Waals surface area contributed by atoms with Gasteiger partial charge in [0, 0.05) is 16.6 Å². The van der Waals surface area contributed by atoms with Crippen molar-refractivity contribution in [1.29, 1.82) is 0 Å². The number of nitrogens with zero attached hydrogens (tertiary/aromatic N) is 2. The molecular formula is C18H17N3O3S. The number of hydrogen-bond acceptors (Lipinski definition) is 6. The Morgan fingerprint density at radius 2 is 1.88 bits per heavy atom. The number of carbonyl (C=O) groups is 1. The molecule has 0 aliphatic heterocycles. The van der Waals surface area contributed by atoms with Crippen molar-refractivity contribution in [2.75, 3.05) is 19.5 Å². The molecular weight excluding hydrogens is 338 g/mol. The Labute approximate surface area is 149 Å². The lowest BCUT2D eigenvalue weighted by Gasteiger charge is -2.08. The topological polar surface area (TPSA) is 73.3 Å². The minimum absolute atomic E-state index is 0.281. The van der Waals surface area contributed by atoms with E-state index >= 15 is 0 Å². The highest BCUT2D eigenvalue weighted by atomic mass is 32.1. The van der Waals surface area contributed by atoms with Crippen LogP contribution in [-0.2, 0) is 0 Å². The number of amides is 1. The second-order valence-electron chi connectivity index (χ2n) is 5.23. The number of anilines is 1. The standard InChI is InChI=1S/C18H17N3O3S/c1-11-5-4-6-13(19-11)17(22)21-18-20-14(10-25-18)12-7-8-15(23-2)16(9-12)24-3/h4-10H,1-3H3,(H,20,21,22). The summed E-state index contributed by atoms with van der Waals surface area (Å²) in [5, 5.41) is 5.16. The third-order valence-corrected chi connectivity index (χ3v) is 4.28. The summed E-state index contributed by atoms with van der Waals surface area (Å²) in [6.07, 6.45) is 0. The van der Waals surface area contributed by atoms with Gasteiger partial charge < -0.3 is 9.47 Å². The normalized spacial score (nSPS) is 10.4. The summed E-state index contributed by atoms with van der Waals surface area (Å²) < 4.78 is 10.5. The number of aryl methyl sites for hydroxylation is 1. The van der Waals surface area contributed by atoms with E-state index in [0.29, 0.717) is 22.3 Å². The van der Waals surface area contributed by atoms with E-state index in [1.54, 1.807) is 26.4 Å². The van der Waals surface area contributed by atoms with Crippen molar-refractivity contribution in [2.45, 2.75) is 6.92 Å². The van der Waals surface area contributed by atoms with Gasteiger partial charge in [-0.05, 0) is 37.3 Å². The van der Waals surface area contributed by atoms with Crippen molar-refractivity contribution in [2.24, 2.45) is 0 Å². The number of methoxy groups -OCH3 is 2. The zero-order chi connectivity index (χ0) is 17.8.